The highest BCUT2D eigenvalue weighted by Crippen LogP contribution is 2.14. The second-order valence-electron chi connectivity index (χ2n) is 4.33. The molecule has 0 saturated carbocycles. The highest BCUT2D eigenvalue weighted by Gasteiger charge is 2.17. The number of aromatic nitrogens is 2. The van der Waals surface area contributed by atoms with Crippen LogP contribution in [0.5, 0.6) is 0 Å². The monoisotopic (exact) mass is 281 g/mol. The summed E-state index contributed by atoms with van der Waals surface area (Å²) in [6.07, 6.45) is 3.08. The summed E-state index contributed by atoms with van der Waals surface area (Å²) in [5.74, 6) is 0.466. The number of amides is 1. The van der Waals surface area contributed by atoms with E-state index >= 15 is 0 Å². The molecule has 1 heterocycles. The number of carbonyl (C=O) groups is 1. The first kappa shape index (κ1) is 15.3. The fraction of sp³-hybridized carbons (Fsp3) is 0.500. The number of carbonyl (C=O) groups excluding carboxylic acids is 1. The number of nitrogens with one attached hydrogen (secondary N) is 1. The summed E-state index contributed by atoms with van der Waals surface area (Å²) in [7, 11) is 0. The van der Waals surface area contributed by atoms with Gasteiger partial charge in [-0.3, -0.25) is 4.79 Å². The van der Waals surface area contributed by atoms with Gasteiger partial charge in [-0.1, -0.05) is 12.2 Å². The lowest BCUT2D eigenvalue weighted by Crippen LogP contribution is -2.41. The molecule has 19 heavy (non-hydrogen) atoms. The van der Waals surface area contributed by atoms with Crippen molar-refractivity contribution in [2.75, 3.05) is 18.0 Å². The van der Waals surface area contributed by atoms with E-state index in [1.165, 1.54) is 6.20 Å². The Morgan fingerprint density at radius 1 is 1.47 bits per heavy atom. The predicted molar refractivity (Wildman–Crippen MR) is 79.1 cm³/mol. The van der Waals surface area contributed by atoms with E-state index in [1.807, 2.05) is 20.8 Å². The SMILES string of the molecule is CCN(CC(=O)NC(C)C)c1nccnc1C(N)=S. The third kappa shape index (κ3) is 4.44. The zero-order valence-electron chi connectivity index (χ0n) is 11.4. The van der Waals surface area contributed by atoms with Gasteiger partial charge in [0, 0.05) is 25.0 Å². The Balaban J connectivity index is 2.91. The summed E-state index contributed by atoms with van der Waals surface area (Å²) in [6, 6.07) is 0.100. The summed E-state index contributed by atoms with van der Waals surface area (Å²) in [5.41, 5.74) is 6.06. The Labute approximate surface area is 118 Å². The highest BCUT2D eigenvalue weighted by atomic mass is 32.1. The van der Waals surface area contributed by atoms with Crippen LogP contribution in [0, 0.1) is 0 Å². The molecule has 0 spiro atoms. The maximum Gasteiger partial charge on any atom is 0.239 e. The number of thiocarbonyl (C=S) groups is 1. The molecular formula is C12H19N5OS. The van der Waals surface area contributed by atoms with Crippen LogP contribution in [0.2, 0.25) is 0 Å². The minimum absolute atomic E-state index is 0.0728. The molecule has 3 N–H and O–H groups in total. The number of likely N-dealkylation sites (N-methyl/N-ethyl adjacent to an activating group) is 1. The number of hydrogen-bond acceptors (Lipinski definition) is 5. The van der Waals surface area contributed by atoms with Gasteiger partial charge in [-0.2, -0.15) is 0 Å². The molecule has 0 aliphatic rings. The van der Waals surface area contributed by atoms with E-state index in [4.69, 9.17) is 18.0 Å². The van der Waals surface area contributed by atoms with Gasteiger partial charge in [0.1, 0.15) is 10.7 Å². The van der Waals surface area contributed by atoms with Gasteiger partial charge in [0.25, 0.3) is 0 Å². The quantitative estimate of drug-likeness (QED) is 0.737. The molecule has 104 valence electrons. The van der Waals surface area contributed by atoms with Crippen LogP contribution in [0.3, 0.4) is 0 Å². The fourth-order valence-corrected chi connectivity index (χ4v) is 1.76. The van der Waals surface area contributed by atoms with Gasteiger partial charge in [0.15, 0.2) is 5.82 Å². The van der Waals surface area contributed by atoms with Crippen molar-refractivity contribution in [2.45, 2.75) is 26.8 Å². The topological polar surface area (TPSA) is 84.1 Å². The zero-order valence-corrected chi connectivity index (χ0v) is 12.2. The normalized spacial score (nSPS) is 10.3. The molecule has 0 radical (unpaired) electrons. The number of rotatable bonds is 6. The molecule has 1 amide bonds. The first-order chi connectivity index (χ1) is 8.95. The molecule has 0 atom stereocenters. The lowest BCUT2D eigenvalue weighted by molar-refractivity contribution is -0.120. The van der Waals surface area contributed by atoms with Crippen LogP contribution in [-0.4, -0.2) is 40.0 Å². The van der Waals surface area contributed by atoms with Crippen molar-refractivity contribution in [3.63, 3.8) is 0 Å². The van der Waals surface area contributed by atoms with Gasteiger partial charge in [0.05, 0.1) is 6.54 Å². The number of anilines is 1. The molecule has 1 aromatic heterocycles. The van der Waals surface area contributed by atoms with Crippen molar-refractivity contribution in [2.24, 2.45) is 5.73 Å². The molecule has 0 aliphatic heterocycles. The van der Waals surface area contributed by atoms with Crippen molar-refractivity contribution in [3.8, 4) is 0 Å². The second-order valence-corrected chi connectivity index (χ2v) is 4.77. The van der Waals surface area contributed by atoms with Gasteiger partial charge < -0.3 is 16.0 Å². The van der Waals surface area contributed by atoms with Gasteiger partial charge in [-0.15, -0.1) is 0 Å². The lowest BCUT2D eigenvalue weighted by Gasteiger charge is -2.23. The Hall–Kier alpha value is -1.76. The van der Waals surface area contributed by atoms with Crippen LogP contribution >= 0.6 is 12.2 Å². The predicted octanol–water partition coefficient (Wildman–Crippen LogP) is 0.462. The molecule has 1 aromatic rings. The summed E-state index contributed by atoms with van der Waals surface area (Å²) >= 11 is 4.95. The average molecular weight is 281 g/mol. The van der Waals surface area contributed by atoms with Crippen molar-refractivity contribution in [1.29, 1.82) is 0 Å². The van der Waals surface area contributed by atoms with Crippen LogP contribution in [0.1, 0.15) is 26.5 Å². The molecular weight excluding hydrogens is 262 g/mol. The molecule has 7 heteroatoms. The number of nitrogens with zero attached hydrogens (tertiary/aromatic N) is 3. The zero-order chi connectivity index (χ0) is 14.4. The molecule has 0 unspecified atom stereocenters. The van der Waals surface area contributed by atoms with E-state index in [0.717, 1.165) is 0 Å². The third-order valence-corrected chi connectivity index (χ3v) is 2.57. The Morgan fingerprint density at radius 2 is 2.11 bits per heavy atom. The van der Waals surface area contributed by atoms with E-state index in [0.29, 0.717) is 18.1 Å². The minimum Gasteiger partial charge on any atom is -0.388 e. The van der Waals surface area contributed by atoms with Gasteiger partial charge in [-0.05, 0) is 20.8 Å². The van der Waals surface area contributed by atoms with Crippen molar-refractivity contribution in [3.05, 3.63) is 18.1 Å². The van der Waals surface area contributed by atoms with E-state index in [1.54, 1.807) is 11.1 Å². The Bertz CT molecular complexity index is 463. The van der Waals surface area contributed by atoms with E-state index in [9.17, 15) is 4.79 Å². The van der Waals surface area contributed by atoms with Crippen molar-refractivity contribution >= 4 is 28.9 Å². The number of hydrogen-bond donors (Lipinski definition) is 2. The van der Waals surface area contributed by atoms with Crippen LogP contribution in [0.25, 0.3) is 0 Å². The largest absolute Gasteiger partial charge is 0.388 e. The summed E-state index contributed by atoms with van der Waals surface area (Å²) in [5, 5.41) is 2.83. The summed E-state index contributed by atoms with van der Waals surface area (Å²) in [4.78, 5) is 22.1. The first-order valence-electron chi connectivity index (χ1n) is 6.10. The minimum atomic E-state index is -0.0728. The lowest BCUT2D eigenvalue weighted by atomic mass is 10.3. The second kappa shape index (κ2) is 6.98. The molecule has 1 rings (SSSR count). The standard InChI is InChI=1S/C12H19N5OS/c1-4-17(7-9(18)16-8(2)3)12-10(11(13)19)14-5-6-15-12/h5-6,8H,4,7H2,1-3H3,(H2,13,19)(H,16,18). The van der Waals surface area contributed by atoms with Gasteiger partial charge >= 0.3 is 0 Å². The molecule has 6 nitrogen and oxygen atoms in total. The third-order valence-electron chi connectivity index (χ3n) is 2.38. The van der Waals surface area contributed by atoms with Crippen LogP contribution in [0.15, 0.2) is 12.4 Å². The van der Waals surface area contributed by atoms with Crippen molar-refractivity contribution in [1.82, 2.24) is 15.3 Å². The van der Waals surface area contributed by atoms with Gasteiger partial charge in [0.2, 0.25) is 5.91 Å². The fourth-order valence-electron chi connectivity index (χ4n) is 1.61. The average Bonchev–Trinajstić information content (AvgIpc) is 2.35. The maximum atomic E-state index is 11.8. The summed E-state index contributed by atoms with van der Waals surface area (Å²) in [6.45, 7) is 6.57. The molecule has 0 aliphatic carbocycles. The Morgan fingerprint density at radius 3 is 2.63 bits per heavy atom. The smallest absolute Gasteiger partial charge is 0.239 e. The molecule has 0 fully saturated rings. The molecule has 0 saturated heterocycles. The maximum absolute atomic E-state index is 11.8. The van der Waals surface area contributed by atoms with E-state index in [-0.39, 0.29) is 23.5 Å². The van der Waals surface area contributed by atoms with Crippen LogP contribution in [0.4, 0.5) is 5.82 Å². The van der Waals surface area contributed by atoms with E-state index < -0.39 is 0 Å². The molecule has 0 aromatic carbocycles. The van der Waals surface area contributed by atoms with Gasteiger partial charge in [-0.25, -0.2) is 9.97 Å². The van der Waals surface area contributed by atoms with Crippen LogP contribution < -0.4 is 16.0 Å². The summed E-state index contributed by atoms with van der Waals surface area (Å²) < 4.78 is 0. The number of nitrogens with two attached hydrogens (primary N) is 1. The molecule has 0 bridgehead atoms. The van der Waals surface area contributed by atoms with Crippen molar-refractivity contribution < 1.29 is 4.79 Å². The Kier molecular flexibility index (Phi) is 5.62. The first-order valence-corrected chi connectivity index (χ1v) is 6.51. The van der Waals surface area contributed by atoms with E-state index in [2.05, 4.69) is 15.3 Å². The highest BCUT2D eigenvalue weighted by molar-refractivity contribution is 7.80. The van der Waals surface area contributed by atoms with Crippen LogP contribution in [-0.2, 0) is 4.79 Å².